The molecular weight excluding hydrogens is 254 g/mol. The molecule has 2 heterocycles. The summed E-state index contributed by atoms with van der Waals surface area (Å²) in [4.78, 5) is 26.7. The SMILES string of the molecule is CN1CCCC(NC(=O)N2CSCC2C(=O)O)C1. The van der Waals surface area contributed by atoms with Gasteiger partial charge in [0.1, 0.15) is 6.04 Å². The van der Waals surface area contributed by atoms with Gasteiger partial charge in [-0.3, -0.25) is 0 Å². The number of urea groups is 1. The Morgan fingerprint density at radius 3 is 2.89 bits per heavy atom. The maximum atomic E-state index is 12.1. The maximum Gasteiger partial charge on any atom is 0.327 e. The lowest BCUT2D eigenvalue weighted by atomic mass is 10.1. The van der Waals surface area contributed by atoms with Crippen LogP contribution >= 0.6 is 11.8 Å². The fourth-order valence-corrected chi connectivity index (χ4v) is 3.53. The molecule has 6 nitrogen and oxygen atoms in total. The third kappa shape index (κ3) is 3.08. The molecule has 2 unspecified atom stereocenters. The van der Waals surface area contributed by atoms with Gasteiger partial charge < -0.3 is 20.2 Å². The number of nitrogens with zero attached hydrogens (tertiary/aromatic N) is 2. The zero-order chi connectivity index (χ0) is 13.1. The van der Waals surface area contributed by atoms with Crippen molar-refractivity contribution < 1.29 is 14.7 Å². The van der Waals surface area contributed by atoms with Crippen molar-refractivity contribution in [2.75, 3.05) is 31.8 Å². The number of nitrogens with one attached hydrogen (secondary N) is 1. The van der Waals surface area contributed by atoms with E-state index in [1.807, 2.05) is 7.05 Å². The Balaban J connectivity index is 1.89. The van der Waals surface area contributed by atoms with Crippen LogP contribution in [0.3, 0.4) is 0 Å². The average molecular weight is 273 g/mol. The van der Waals surface area contributed by atoms with Crippen LogP contribution in [0.15, 0.2) is 0 Å². The van der Waals surface area contributed by atoms with Crippen LogP contribution < -0.4 is 5.32 Å². The maximum absolute atomic E-state index is 12.1. The standard InChI is InChI=1S/C11H19N3O3S/c1-13-4-2-3-8(5-13)12-11(17)14-7-18-6-9(14)10(15)16/h8-9H,2-7H2,1H3,(H,12,17)(H,15,16). The molecule has 18 heavy (non-hydrogen) atoms. The highest BCUT2D eigenvalue weighted by molar-refractivity contribution is 7.99. The quantitative estimate of drug-likeness (QED) is 0.754. The molecule has 0 radical (unpaired) electrons. The second-order valence-electron chi connectivity index (χ2n) is 4.87. The van der Waals surface area contributed by atoms with Gasteiger partial charge in [-0.05, 0) is 26.4 Å². The number of carboxylic acid groups (broad SMARTS) is 1. The predicted molar refractivity (Wildman–Crippen MR) is 69.6 cm³/mol. The van der Waals surface area contributed by atoms with E-state index in [-0.39, 0.29) is 12.1 Å². The largest absolute Gasteiger partial charge is 0.480 e. The van der Waals surface area contributed by atoms with E-state index in [1.165, 1.54) is 16.7 Å². The summed E-state index contributed by atoms with van der Waals surface area (Å²) >= 11 is 1.48. The smallest absolute Gasteiger partial charge is 0.327 e. The second kappa shape index (κ2) is 5.79. The highest BCUT2D eigenvalue weighted by Crippen LogP contribution is 2.21. The molecule has 7 heteroatoms. The van der Waals surface area contributed by atoms with E-state index in [0.29, 0.717) is 11.6 Å². The molecule has 2 atom stereocenters. The van der Waals surface area contributed by atoms with Crippen LogP contribution in [0.4, 0.5) is 4.79 Å². The van der Waals surface area contributed by atoms with E-state index < -0.39 is 12.0 Å². The number of piperidine rings is 1. The van der Waals surface area contributed by atoms with Crippen LogP contribution in [0, 0.1) is 0 Å². The van der Waals surface area contributed by atoms with Gasteiger partial charge in [-0.2, -0.15) is 0 Å². The Kier molecular flexibility index (Phi) is 4.34. The third-order valence-electron chi connectivity index (χ3n) is 3.38. The number of thioether (sulfide) groups is 1. The summed E-state index contributed by atoms with van der Waals surface area (Å²) in [5.74, 6) is 0.0227. The first-order valence-corrected chi connectivity index (χ1v) is 7.29. The molecule has 2 amide bonds. The van der Waals surface area contributed by atoms with Crippen molar-refractivity contribution in [3.63, 3.8) is 0 Å². The molecule has 2 saturated heterocycles. The minimum Gasteiger partial charge on any atom is -0.480 e. The predicted octanol–water partition coefficient (Wildman–Crippen LogP) is 0.250. The number of hydrogen-bond acceptors (Lipinski definition) is 4. The van der Waals surface area contributed by atoms with Crippen molar-refractivity contribution in [2.45, 2.75) is 24.9 Å². The number of likely N-dealkylation sites (N-methyl/N-ethyl adjacent to an activating group) is 1. The summed E-state index contributed by atoms with van der Waals surface area (Å²) in [6.07, 6.45) is 2.04. The van der Waals surface area contributed by atoms with Crippen molar-refractivity contribution in [1.82, 2.24) is 15.1 Å². The van der Waals surface area contributed by atoms with E-state index in [1.54, 1.807) is 0 Å². The Morgan fingerprint density at radius 2 is 2.22 bits per heavy atom. The van der Waals surface area contributed by atoms with Gasteiger partial charge >= 0.3 is 12.0 Å². The molecule has 0 aromatic heterocycles. The molecule has 2 aliphatic heterocycles. The molecule has 0 bridgehead atoms. The molecular formula is C11H19N3O3S. The Hall–Kier alpha value is -0.950. The number of aliphatic carboxylic acids is 1. The van der Waals surface area contributed by atoms with E-state index in [9.17, 15) is 9.59 Å². The normalized spacial score (nSPS) is 29.3. The first-order chi connectivity index (χ1) is 8.58. The number of likely N-dealkylation sites (tertiary alicyclic amines) is 1. The molecule has 0 aromatic carbocycles. The van der Waals surface area contributed by atoms with Crippen LogP contribution in [0.5, 0.6) is 0 Å². The van der Waals surface area contributed by atoms with Crippen LogP contribution in [0.2, 0.25) is 0 Å². The van der Waals surface area contributed by atoms with Gasteiger partial charge in [0.05, 0.1) is 5.88 Å². The summed E-state index contributed by atoms with van der Waals surface area (Å²) in [6.45, 7) is 1.90. The number of carbonyl (C=O) groups is 2. The van der Waals surface area contributed by atoms with Gasteiger partial charge in [0.2, 0.25) is 0 Å². The van der Waals surface area contributed by atoms with Gasteiger partial charge in [-0.25, -0.2) is 9.59 Å². The van der Waals surface area contributed by atoms with Crippen LogP contribution in [-0.4, -0.2) is 70.8 Å². The third-order valence-corrected chi connectivity index (χ3v) is 4.39. The molecule has 0 aromatic rings. The molecule has 2 aliphatic rings. The van der Waals surface area contributed by atoms with E-state index in [2.05, 4.69) is 10.2 Å². The molecule has 0 saturated carbocycles. The van der Waals surface area contributed by atoms with Crippen molar-refractivity contribution in [3.8, 4) is 0 Å². The van der Waals surface area contributed by atoms with E-state index in [4.69, 9.17) is 5.11 Å². The van der Waals surface area contributed by atoms with Gasteiger partial charge in [0, 0.05) is 18.3 Å². The second-order valence-corrected chi connectivity index (χ2v) is 5.87. The Labute approximate surface area is 111 Å². The van der Waals surface area contributed by atoms with Gasteiger partial charge in [0.15, 0.2) is 0 Å². The summed E-state index contributed by atoms with van der Waals surface area (Å²) in [5.41, 5.74) is 0. The van der Waals surface area contributed by atoms with Gasteiger partial charge in [0.25, 0.3) is 0 Å². The number of carboxylic acids is 1. The van der Waals surface area contributed by atoms with Crippen LogP contribution in [-0.2, 0) is 4.79 Å². The number of amides is 2. The summed E-state index contributed by atoms with van der Waals surface area (Å²) in [5, 5.41) is 12.0. The van der Waals surface area contributed by atoms with Crippen LogP contribution in [0.25, 0.3) is 0 Å². The minimum absolute atomic E-state index is 0.135. The first-order valence-electron chi connectivity index (χ1n) is 6.14. The zero-order valence-electron chi connectivity index (χ0n) is 10.5. The average Bonchev–Trinajstić information content (AvgIpc) is 2.77. The molecule has 2 rings (SSSR count). The number of carbonyl (C=O) groups excluding carboxylic acids is 1. The molecule has 0 aliphatic carbocycles. The zero-order valence-corrected chi connectivity index (χ0v) is 11.3. The summed E-state index contributed by atoms with van der Waals surface area (Å²) in [6, 6.07) is -0.791. The van der Waals surface area contributed by atoms with Crippen molar-refractivity contribution >= 4 is 23.8 Å². The minimum atomic E-state index is -0.920. The number of rotatable bonds is 2. The highest BCUT2D eigenvalue weighted by atomic mass is 32.2. The lowest BCUT2D eigenvalue weighted by molar-refractivity contribution is -0.140. The van der Waals surface area contributed by atoms with Crippen LogP contribution in [0.1, 0.15) is 12.8 Å². The molecule has 2 N–H and O–H groups in total. The fraction of sp³-hybridized carbons (Fsp3) is 0.818. The van der Waals surface area contributed by atoms with E-state index >= 15 is 0 Å². The van der Waals surface area contributed by atoms with Gasteiger partial charge in [-0.15, -0.1) is 11.8 Å². The van der Waals surface area contributed by atoms with Crippen molar-refractivity contribution in [3.05, 3.63) is 0 Å². The van der Waals surface area contributed by atoms with E-state index in [0.717, 1.165) is 25.9 Å². The lowest BCUT2D eigenvalue weighted by Gasteiger charge is -2.32. The van der Waals surface area contributed by atoms with Crippen molar-refractivity contribution in [2.24, 2.45) is 0 Å². The summed E-state index contributed by atoms with van der Waals surface area (Å²) in [7, 11) is 2.03. The molecule has 102 valence electrons. The topological polar surface area (TPSA) is 72.9 Å². The first kappa shape index (κ1) is 13.5. The summed E-state index contributed by atoms with van der Waals surface area (Å²) < 4.78 is 0. The number of hydrogen-bond donors (Lipinski definition) is 2. The molecule has 0 spiro atoms. The van der Waals surface area contributed by atoms with Gasteiger partial charge in [-0.1, -0.05) is 0 Å². The Morgan fingerprint density at radius 1 is 1.44 bits per heavy atom. The Bertz CT molecular complexity index is 339. The monoisotopic (exact) mass is 273 g/mol. The fourth-order valence-electron chi connectivity index (χ4n) is 2.39. The van der Waals surface area contributed by atoms with Crippen molar-refractivity contribution in [1.29, 1.82) is 0 Å². The lowest BCUT2D eigenvalue weighted by Crippen LogP contribution is -2.53. The molecule has 2 fully saturated rings. The highest BCUT2D eigenvalue weighted by Gasteiger charge is 2.35.